The molecule has 0 spiro atoms. The lowest BCUT2D eigenvalue weighted by Gasteiger charge is -2.37. The fraction of sp³-hybridized carbons (Fsp3) is 0.765. The molecule has 1 aromatic rings. The molecule has 0 bridgehead atoms. The van der Waals surface area contributed by atoms with Gasteiger partial charge in [0, 0.05) is 32.1 Å². The molecule has 12 heteroatoms. The summed E-state index contributed by atoms with van der Waals surface area (Å²) < 4.78 is 85.4. The van der Waals surface area contributed by atoms with E-state index in [1.165, 1.54) is 4.90 Å². The third-order valence-electron chi connectivity index (χ3n) is 4.80. The summed E-state index contributed by atoms with van der Waals surface area (Å²) >= 11 is 0. The normalized spacial score (nSPS) is 19.1. The third kappa shape index (κ3) is 4.84. The van der Waals surface area contributed by atoms with Crippen LogP contribution in [-0.2, 0) is 27.8 Å². The molecule has 0 aliphatic carbocycles. The monoisotopic (exact) mass is 443 g/mol. The second-order valence-electron chi connectivity index (χ2n) is 8.22. The van der Waals surface area contributed by atoms with Crippen molar-refractivity contribution in [3.63, 3.8) is 0 Å². The van der Waals surface area contributed by atoms with Crippen LogP contribution in [0.25, 0.3) is 0 Å². The molecule has 2 rings (SSSR count). The van der Waals surface area contributed by atoms with E-state index in [2.05, 4.69) is 5.10 Å². The molecule has 1 aliphatic heterocycles. The van der Waals surface area contributed by atoms with Gasteiger partial charge in [-0.05, 0) is 40.5 Å². The smallest absolute Gasteiger partial charge is 0.435 e. The minimum atomic E-state index is -4.85. The quantitative estimate of drug-likeness (QED) is 0.668. The van der Waals surface area contributed by atoms with Crippen molar-refractivity contribution in [2.45, 2.75) is 62.3 Å². The van der Waals surface area contributed by atoms with Crippen LogP contribution in [0.1, 0.15) is 46.2 Å². The lowest BCUT2D eigenvalue weighted by atomic mass is 9.92. The molecular weight excluding hydrogens is 418 g/mol. The average molecular weight is 443 g/mol. The fourth-order valence-electron chi connectivity index (χ4n) is 3.17. The van der Waals surface area contributed by atoms with Gasteiger partial charge in [0.25, 0.3) is 0 Å². The molecule has 0 saturated carbocycles. The van der Waals surface area contributed by atoms with E-state index in [0.29, 0.717) is 10.7 Å². The van der Waals surface area contributed by atoms with Crippen molar-refractivity contribution in [1.29, 1.82) is 0 Å². The Balaban J connectivity index is 2.19. The summed E-state index contributed by atoms with van der Waals surface area (Å²) in [6.07, 6.45) is -5.39. The zero-order valence-electron chi connectivity index (χ0n) is 16.9. The van der Waals surface area contributed by atoms with Crippen molar-refractivity contribution < 1.29 is 35.5 Å². The second kappa shape index (κ2) is 7.44. The van der Waals surface area contributed by atoms with Gasteiger partial charge in [0.2, 0.25) is 14.8 Å². The first-order valence-corrected chi connectivity index (χ1v) is 10.5. The third-order valence-corrected chi connectivity index (χ3v) is 7.12. The molecule has 1 aromatic heterocycles. The molecule has 29 heavy (non-hydrogen) atoms. The van der Waals surface area contributed by atoms with Gasteiger partial charge in [0.15, 0.2) is 10.7 Å². The Bertz CT molecular complexity index is 864. The van der Waals surface area contributed by atoms with Crippen LogP contribution in [0.2, 0.25) is 0 Å². The van der Waals surface area contributed by atoms with Gasteiger partial charge in [-0.15, -0.1) is 0 Å². The van der Waals surface area contributed by atoms with E-state index in [-0.39, 0.29) is 25.9 Å². The van der Waals surface area contributed by atoms with Crippen molar-refractivity contribution in [3.8, 4) is 0 Å². The van der Waals surface area contributed by atoms with Crippen molar-refractivity contribution >= 4 is 15.9 Å². The first-order chi connectivity index (χ1) is 13.0. The Morgan fingerprint density at radius 3 is 2.07 bits per heavy atom. The number of aromatic nitrogens is 2. The van der Waals surface area contributed by atoms with Crippen LogP contribution in [0, 0.1) is 5.92 Å². The number of piperidine rings is 1. The first-order valence-electron chi connectivity index (χ1n) is 8.99. The van der Waals surface area contributed by atoms with Gasteiger partial charge in [-0.3, -0.25) is 4.68 Å². The number of halogens is 4. The predicted molar refractivity (Wildman–Crippen MR) is 95.4 cm³/mol. The SMILES string of the molecule is Cn1nc(C(F)(F)F)cc1S(=O)(=O)[C@@](C)(F)C1CCN(C(=O)OC(C)(C)C)CC1. The lowest BCUT2D eigenvalue weighted by Crippen LogP contribution is -2.48. The summed E-state index contributed by atoms with van der Waals surface area (Å²) in [6, 6.07) is 0.336. The number of likely N-dealkylation sites (tertiary alicyclic amines) is 1. The van der Waals surface area contributed by atoms with Crippen LogP contribution in [0.3, 0.4) is 0 Å². The largest absolute Gasteiger partial charge is 0.444 e. The number of hydrogen-bond acceptors (Lipinski definition) is 5. The van der Waals surface area contributed by atoms with Crippen LogP contribution >= 0.6 is 0 Å². The van der Waals surface area contributed by atoms with Crippen molar-refractivity contribution in [2.24, 2.45) is 13.0 Å². The van der Waals surface area contributed by atoms with E-state index in [0.717, 1.165) is 14.0 Å². The van der Waals surface area contributed by atoms with E-state index in [1.807, 2.05) is 0 Å². The number of rotatable bonds is 3. The zero-order valence-corrected chi connectivity index (χ0v) is 17.7. The maximum absolute atomic E-state index is 15.5. The summed E-state index contributed by atoms with van der Waals surface area (Å²) in [4.78, 5) is 13.5. The van der Waals surface area contributed by atoms with E-state index < -0.39 is 49.3 Å². The van der Waals surface area contributed by atoms with Gasteiger partial charge in [-0.1, -0.05) is 0 Å². The van der Waals surface area contributed by atoms with E-state index in [1.54, 1.807) is 20.8 Å². The topological polar surface area (TPSA) is 81.5 Å². The van der Waals surface area contributed by atoms with Gasteiger partial charge >= 0.3 is 12.3 Å². The number of amides is 1. The lowest BCUT2D eigenvalue weighted by molar-refractivity contribution is -0.141. The molecular formula is C17H25F4N3O4S. The number of sulfone groups is 1. The molecule has 0 radical (unpaired) electrons. The minimum absolute atomic E-state index is 0.0233. The Morgan fingerprint density at radius 2 is 1.66 bits per heavy atom. The zero-order chi connectivity index (χ0) is 22.4. The molecule has 2 heterocycles. The maximum atomic E-state index is 15.5. The van der Waals surface area contributed by atoms with Gasteiger partial charge in [0.05, 0.1) is 0 Å². The molecule has 1 fully saturated rings. The van der Waals surface area contributed by atoms with Gasteiger partial charge < -0.3 is 9.64 Å². The van der Waals surface area contributed by atoms with E-state index >= 15 is 4.39 Å². The van der Waals surface area contributed by atoms with Gasteiger partial charge in [-0.2, -0.15) is 18.3 Å². The van der Waals surface area contributed by atoms with Crippen LogP contribution < -0.4 is 0 Å². The number of ether oxygens (including phenoxy) is 1. The number of carbonyl (C=O) groups excluding carboxylic acids is 1. The fourth-order valence-corrected chi connectivity index (χ4v) is 4.91. The summed E-state index contributed by atoms with van der Waals surface area (Å²) in [5.74, 6) is -1.00. The summed E-state index contributed by atoms with van der Waals surface area (Å²) in [5.41, 5.74) is -2.11. The van der Waals surface area contributed by atoms with Crippen molar-refractivity contribution in [1.82, 2.24) is 14.7 Å². The van der Waals surface area contributed by atoms with Crippen molar-refractivity contribution in [3.05, 3.63) is 11.8 Å². The first kappa shape index (κ1) is 23.4. The number of carbonyl (C=O) groups is 1. The Morgan fingerprint density at radius 1 is 1.14 bits per heavy atom. The van der Waals surface area contributed by atoms with Crippen LogP contribution in [-0.4, -0.2) is 52.9 Å². The summed E-state index contributed by atoms with van der Waals surface area (Å²) in [6.45, 7) is 6.10. The molecule has 0 unspecified atom stereocenters. The number of alkyl halides is 4. The Kier molecular flexibility index (Phi) is 6.01. The molecule has 1 aliphatic rings. The average Bonchev–Trinajstić information content (AvgIpc) is 2.96. The Labute approximate surface area is 166 Å². The molecule has 0 aromatic carbocycles. The van der Waals surface area contributed by atoms with Crippen LogP contribution in [0.4, 0.5) is 22.4 Å². The second-order valence-corrected chi connectivity index (χ2v) is 10.4. The highest BCUT2D eigenvalue weighted by molar-refractivity contribution is 7.92. The van der Waals surface area contributed by atoms with E-state index in [9.17, 15) is 26.4 Å². The number of nitrogens with zero attached hydrogens (tertiary/aromatic N) is 3. The van der Waals surface area contributed by atoms with Crippen LogP contribution in [0.15, 0.2) is 11.1 Å². The van der Waals surface area contributed by atoms with Crippen molar-refractivity contribution in [2.75, 3.05) is 13.1 Å². The van der Waals surface area contributed by atoms with Gasteiger partial charge in [-0.25, -0.2) is 17.6 Å². The molecule has 1 amide bonds. The summed E-state index contributed by atoms with van der Waals surface area (Å²) in [5, 5.41) is -0.520. The Hall–Kier alpha value is -1.85. The highest BCUT2D eigenvalue weighted by Gasteiger charge is 2.51. The molecule has 0 N–H and O–H groups in total. The van der Waals surface area contributed by atoms with Crippen LogP contribution in [0.5, 0.6) is 0 Å². The minimum Gasteiger partial charge on any atom is -0.444 e. The number of hydrogen-bond donors (Lipinski definition) is 0. The number of aryl methyl sites for hydroxylation is 1. The maximum Gasteiger partial charge on any atom is 0.435 e. The van der Waals surface area contributed by atoms with E-state index in [4.69, 9.17) is 4.74 Å². The molecule has 166 valence electrons. The predicted octanol–water partition coefficient (Wildman–Crippen LogP) is 3.55. The molecule has 1 atom stereocenters. The highest BCUT2D eigenvalue weighted by atomic mass is 32.2. The molecule has 1 saturated heterocycles. The van der Waals surface area contributed by atoms with Gasteiger partial charge in [0.1, 0.15) is 5.60 Å². The highest BCUT2D eigenvalue weighted by Crippen LogP contribution is 2.40. The standard InChI is InChI=1S/C17H25F4N3O4S/c1-15(2,3)28-14(25)24-8-6-11(7-9-24)16(4,18)29(26,27)13-10-12(17(19,20)21)22-23(13)5/h10-11H,6-9H2,1-5H3/t16-/m1/s1. The summed E-state index contributed by atoms with van der Waals surface area (Å²) in [7, 11) is -3.76. The molecule has 7 nitrogen and oxygen atoms in total.